The van der Waals surface area contributed by atoms with Crippen LogP contribution in [0.4, 0.5) is 0 Å². The number of aryl methyl sites for hydroxylation is 1. The van der Waals surface area contributed by atoms with Crippen molar-refractivity contribution in [3.63, 3.8) is 0 Å². The van der Waals surface area contributed by atoms with Crippen molar-refractivity contribution in [1.29, 1.82) is 0 Å². The first-order valence-electron chi connectivity index (χ1n) is 12.8. The van der Waals surface area contributed by atoms with Crippen molar-refractivity contribution >= 4 is 28.5 Å². The van der Waals surface area contributed by atoms with Crippen LogP contribution in [-0.4, -0.2) is 23.9 Å². The molecule has 0 spiro atoms. The number of nitrogens with zero attached hydrogens (tertiary/aromatic N) is 1. The molecule has 0 aliphatic heterocycles. The van der Waals surface area contributed by atoms with Gasteiger partial charge in [0, 0.05) is 35.2 Å². The van der Waals surface area contributed by atoms with Crippen molar-refractivity contribution in [1.82, 2.24) is 4.90 Å². The van der Waals surface area contributed by atoms with Gasteiger partial charge in [0.25, 0.3) is 5.91 Å². The molecule has 37 heavy (non-hydrogen) atoms. The van der Waals surface area contributed by atoms with E-state index >= 15 is 0 Å². The molecule has 5 rings (SSSR count). The zero-order chi connectivity index (χ0) is 25.9. The minimum absolute atomic E-state index is 0.0788. The summed E-state index contributed by atoms with van der Waals surface area (Å²) in [6, 6.07) is 22.2. The van der Waals surface area contributed by atoms with Crippen LogP contribution >= 0.6 is 11.6 Å². The zero-order valence-electron chi connectivity index (χ0n) is 21.0. The Kier molecular flexibility index (Phi) is 7.45. The second kappa shape index (κ2) is 10.9. The first-order chi connectivity index (χ1) is 18.0. The molecule has 190 valence electrons. The number of nitrogens with two attached hydrogens (primary N) is 1. The summed E-state index contributed by atoms with van der Waals surface area (Å²) in [5.41, 5.74) is 9.55. The van der Waals surface area contributed by atoms with Gasteiger partial charge in [-0.25, -0.2) is 0 Å². The lowest BCUT2D eigenvalue weighted by Crippen LogP contribution is -2.38. The molecular weight excluding hydrogens is 484 g/mol. The van der Waals surface area contributed by atoms with Crippen molar-refractivity contribution in [3.8, 4) is 0 Å². The molecule has 1 heterocycles. The van der Waals surface area contributed by atoms with Crippen molar-refractivity contribution in [2.24, 2.45) is 11.7 Å². The largest absolute Gasteiger partial charge is 0.458 e. The SMILES string of the molecule is Cc1ccc(C(=O)N(CCCN)C(c2oc3cc(Cl)ccc3c(=O)c2Cc2ccccc2)C2CC2)cc1. The number of hydrogen-bond acceptors (Lipinski definition) is 4. The Bertz CT molecular complexity index is 1460. The summed E-state index contributed by atoms with van der Waals surface area (Å²) in [5.74, 6) is 0.690. The summed E-state index contributed by atoms with van der Waals surface area (Å²) in [6.07, 6.45) is 3.00. The normalized spacial score (nSPS) is 14.0. The quantitative estimate of drug-likeness (QED) is 0.285. The number of carbonyl (C=O) groups excluding carboxylic acids is 1. The van der Waals surface area contributed by atoms with Crippen molar-refractivity contribution in [2.45, 2.75) is 38.6 Å². The number of rotatable bonds is 9. The second-order valence-corrected chi connectivity index (χ2v) is 10.3. The first kappa shape index (κ1) is 25.2. The van der Waals surface area contributed by atoms with Crippen LogP contribution in [0.1, 0.15) is 58.1 Å². The van der Waals surface area contributed by atoms with Gasteiger partial charge in [-0.3, -0.25) is 9.59 Å². The van der Waals surface area contributed by atoms with E-state index in [9.17, 15) is 9.59 Å². The number of hydrogen-bond donors (Lipinski definition) is 1. The molecule has 1 atom stereocenters. The minimum atomic E-state index is -0.366. The third-order valence-electron chi connectivity index (χ3n) is 7.04. The highest BCUT2D eigenvalue weighted by molar-refractivity contribution is 6.31. The van der Waals surface area contributed by atoms with Crippen LogP contribution in [0.5, 0.6) is 0 Å². The average molecular weight is 515 g/mol. The Balaban J connectivity index is 1.68. The number of amides is 1. The van der Waals surface area contributed by atoms with E-state index in [-0.39, 0.29) is 23.3 Å². The lowest BCUT2D eigenvalue weighted by Gasteiger charge is -2.33. The van der Waals surface area contributed by atoms with Crippen LogP contribution in [0, 0.1) is 12.8 Å². The van der Waals surface area contributed by atoms with Crippen LogP contribution in [-0.2, 0) is 6.42 Å². The van der Waals surface area contributed by atoms with Gasteiger partial charge >= 0.3 is 0 Å². The van der Waals surface area contributed by atoms with Gasteiger partial charge in [-0.15, -0.1) is 0 Å². The summed E-state index contributed by atoms with van der Waals surface area (Å²) in [5, 5.41) is 0.989. The van der Waals surface area contributed by atoms with E-state index in [1.807, 2.05) is 66.4 Å². The monoisotopic (exact) mass is 514 g/mol. The maximum absolute atomic E-state index is 13.9. The van der Waals surface area contributed by atoms with Gasteiger partial charge in [0.2, 0.25) is 0 Å². The van der Waals surface area contributed by atoms with E-state index in [0.29, 0.717) is 58.8 Å². The van der Waals surface area contributed by atoms with Crippen LogP contribution in [0.2, 0.25) is 5.02 Å². The van der Waals surface area contributed by atoms with E-state index in [4.69, 9.17) is 21.8 Å². The van der Waals surface area contributed by atoms with Crippen molar-refractivity contribution in [2.75, 3.05) is 13.1 Å². The third kappa shape index (κ3) is 5.48. The number of halogens is 1. The average Bonchev–Trinajstić information content (AvgIpc) is 3.74. The van der Waals surface area contributed by atoms with Crippen LogP contribution in [0.25, 0.3) is 11.0 Å². The van der Waals surface area contributed by atoms with E-state index in [1.165, 1.54) is 0 Å². The topological polar surface area (TPSA) is 76.5 Å². The smallest absolute Gasteiger partial charge is 0.254 e. The maximum atomic E-state index is 13.9. The zero-order valence-corrected chi connectivity index (χ0v) is 21.7. The molecule has 0 saturated heterocycles. The molecular formula is C31H31ClN2O3. The van der Waals surface area contributed by atoms with Gasteiger partial charge in [-0.05, 0) is 68.5 Å². The summed E-state index contributed by atoms with van der Waals surface area (Å²) < 4.78 is 6.55. The molecule has 2 N–H and O–H groups in total. The van der Waals surface area contributed by atoms with Gasteiger partial charge in [0.05, 0.1) is 11.4 Å². The summed E-state index contributed by atoms with van der Waals surface area (Å²) in [7, 11) is 0. The highest BCUT2D eigenvalue weighted by atomic mass is 35.5. The van der Waals surface area contributed by atoms with Gasteiger partial charge in [-0.1, -0.05) is 59.6 Å². The van der Waals surface area contributed by atoms with E-state index in [0.717, 1.165) is 24.0 Å². The molecule has 1 aliphatic carbocycles. The van der Waals surface area contributed by atoms with Crippen LogP contribution < -0.4 is 11.2 Å². The Labute approximate surface area is 221 Å². The highest BCUT2D eigenvalue weighted by Crippen LogP contribution is 2.46. The van der Waals surface area contributed by atoms with Crippen LogP contribution in [0.3, 0.4) is 0 Å². The molecule has 1 saturated carbocycles. The van der Waals surface area contributed by atoms with E-state index < -0.39 is 0 Å². The molecule has 6 heteroatoms. The number of fused-ring (bicyclic) bond motifs is 1. The van der Waals surface area contributed by atoms with Gasteiger partial charge in [-0.2, -0.15) is 0 Å². The molecule has 1 aromatic heterocycles. The lowest BCUT2D eigenvalue weighted by molar-refractivity contribution is 0.0622. The molecule has 1 amide bonds. The van der Waals surface area contributed by atoms with Crippen molar-refractivity contribution in [3.05, 3.63) is 116 Å². The second-order valence-electron chi connectivity index (χ2n) is 9.87. The van der Waals surface area contributed by atoms with Crippen LogP contribution in [0.15, 0.2) is 82.0 Å². The van der Waals surface area contributed by atoms with Crippen molar-refractivity contribution < 1.29 is 9.21 Å². The summed E-state index contributed by atoms with van der Waals surface area (Å²) in [4.78, 5) is 29.7. The Morgan fingerprint density at radius 1 is 1.08 bits per heavy atom. The Hall–Kier alpha value is -3.41. The first-order valence-corrected chi connectivity index (χ1v) is 13.2. The third-order valence-corrected chi connectivity index (χ3v) is 7.27. The molecule has 4 aromatic rings. The predicted octanol–water partition coefficient (Wildman–Crippen LogP) is 6.29. The fraction of sp³-hybridized carbons (Fsp3) is 0.290. The highest BCUT2D eigenvalue weighted by Gasteiger charge is 2.42. The molecule has 0 bridgehead atoms. The molecule has 1 fully saturated rings. The predicted molar refractivity (Wildman–Crippen MR) is 148 cm³/mol. The van der Waals surface area contributed by atoms with Gasteiger partial charge in [0.15, 0.2) is 5.43 Å². The summed E-state index contributed by atoms with van der Waals surface area (Å²) in [6.45, 7) is 2.94. The Morgan fingerprint density at radius 3 is 2.49 bits per heavy atom. The van der Waals surface area contributed by atoms with Gasteiger partial charge in [0.1, 0.15) is 11.3 Å². The molecule has 5 nitrogen and oxygen atoms in total. The molecule has 3 aromatic carbocycles. The Morgan fingerprint density at radius 2 is 1.81 bits per heavy atom. The number of benzene rings is 3. The van der Waals surface area contributed by atoms with Gasteiger partial charge < -0.3 is 15.1 Å². The number of carbonyl (C=O) groups is 1. The standard InChI is InChI=1S/C31H31ClN2O3/c1-20-8-10-23(11-9-20)31(36)34(17-5-16-33)28(22-12-13-22)30-26(18-21-6-3-2-4-7-21)29(35)25-15-14-24(32)19-27(25)37-30/h2-4,6-11,14-15,19,22,28H,5,12-13,16-18,33H2,1H3. The lowest BCUT2D eigenvalue weighted by atomic mass is 9.95. The molecule has 1 aliphatic rings. The van der Waals surface area contributed by atoms with E-state index in [2.05, 4.69) is 0 Å². The van der Waals surface area contributed by atoms with E-state index in [1.54, 1.807) is 18.2 Å². The maximum Gasteiger partial charge on any atom is 0.254 e. The minimum Gasteiger partial charge on any atom is -0.458 e. The fourth-order valence-corrected chi connectivity index (χ4v) is 5.10. The molecule has 0 radical (unpaired) electrons. The molecule has 1 unspecified atom stereocenters. The fourth-order valence-electron chi connectivity index (χ4n) is 4.94. The summed E-state index contributed by atoms with van der Waals surface area (Å²) >= 11 is 6.28.